The van der Waals surface area contributed by atoms with Gasteiger partial charge in [-0.3, -0.25) is 4.79 Å². The average Bonchev–Trinajstić information content (AvgIpc) is 2.20. The van der Waals surface area contributed by atoms with Crippen molar-refractivity contribution in [2.75, 3.05) is 0 Å². The number of hydrogen-bond acceptors (Lipinski definition) is 1. The molecule has 0 heterocycles. The summed E-state index contributed by atoms with van der Waals surface area (Å²) in [4.78, 5) is 11.2. The van der Waals surface area contributed by atoms with Crippen molar-refractivity contribution in [3.8, 4) is 0 Å². The molecule has 2 heteroatoms. The molecule has 1 amide bonds. The van der Waals surface area contributed by atoms with Crippen LogP contribution in [0.15, 0.2) is 30.9 Å². The number of hydrogen-bond donors (Lipinski definition) is 1. The van der Waals surface area contributed by atoms with E-state index in [4.69, 9.17) is 5.73 Å². The zero-order chi connectivity index (χ0) is 12.3. The molecule has 1 rings (SSSR count). The molecule has 0 spiro atoms. The number of primary amides is 1. The summed E-state index contributed by atoms with van der Waals surface area (Å²) in [5.74, 6) is -0.377. The maximum absolute atomic E-state index is 11.2. The third-order valence-corrected chi connectivity index (χ3v) is 2.63. The standard InChI is InChI=1S/C14H17NO/c1-5-6-9(2)12-7-11(4)13(14(15)16)8-10(12)3/h5-8H,1H2,2-4H3,(H2,15,16)/b9-6-. The first-order valence-electron chi connectivity index (χ1n) is 5.18. The van der Waals surface area contributed by atoms with Crippen LogP contribution >= 0.6 is 0 Å². The molecule has 0 bridgehead atoms. The molecule has 1 aromatic carbocycles. The van der Waals surface area contributed by atoms with E-state index < -0.39 is 0 Å². The number of benzene rings is 1. The number of aryl methyl sites for hydroxylation is 2. The molecule has 0 radical (unpaired) electrons. The molecule has 0 saturated carbocycles. The second-order valence-electron chi connectivity index (χ2n) is 3.93. The van der Waals surface area contributed by atoms with Gasteiger partial charge < -0.3 is 5.73 Å². The second-order valence-corrected chi connectivity index (χ2v) is 3.93. The molecule has 2 nitrogen and oxygen atoms in total. The number of rotatable bonds is 3. The fraction of sp³-hybridized carbons (Fsp3) is 0.214. The van der Waals surface area contributed by atoms with Crippen LogP contribution in [0.4, 0.5) is 0 Å². The topological polar surface area (TPSA) is 43.1 Å². The predicted octanol–water partition coefficient (Wildman–Crippen LogP) is 2.99. The highest BCUT2D eigenvalue weighted by molar-refractivity contribution is 5.95. The van der Waals surface area contributed by atoms with E-state index in [0.29, 0.717) is 5.56 Å². The quantitative estimate of drug-likeness (QED) is 0.774. The highest BCUT2D eigenvalue weighted by Gasteiger charge is 2.09. The van der Waals surface area contributed by atoms with Crippen molar-refractivity contribution in [1.82, 2.24) is 0 Å². The van der Waals surface area contributed by atoms with Crippen LogP contribution in [0.3, 0.4) is 0 Å². The van der Waals surface area contributed by atoms with Crippen LogP contribution in [0.2, 0.25) is 0 Å². The number of nitrogens with two attached hydrogens (primary N) is 1. The van der Waals surface area contributed by atoms with E-state index >= 15 is 0 Å². The zero-order valence-corrected chi connectivity index (χ0v) is 10.0. The SMILES string of the molecule is C=C/C=C(/C)c1cc(C)c(C(N)=O)cc1C. The summed E-state index contributed by atoms with van der Waals surface area (Å²) in [6.07, 6.45) is 3.71. The number of amides is 1. The molecule has 0 saturated heterocycles. The Labute approximate surface area is 96.5 Å². The van der Waals surface area contributed by atoms with Crippen LogP contribution < -0.4 is 5.73 Å². The molecule has 0 aliphatic heterocycles. The molecule has 16 heavy (non-hydrogen) atoms. The lowest BCUT2D eigenvalue weighted by atomic mass is 9.95. The van der Waals surface area contributed by atoms with E-state index in [9.17, 15) is 4.79 Å². The lowest BCUT2D eigenvalue weighted by Crippen LogP contribution is -2.13. The summed E-state index contributed by atoms with van der Waals surface area (Å²) in [7, 11) is 0. The minimum Gasteiger partial charge on any atom is -0.366 e. The van der Waals surface area contributed by atoms with Gasteiger partial charge in [0.15, 0.2) is 0 Å². The van der Waals surface area contributed by atoms with Crippen molar-refractivity contribution < 1.29 is 4.79 Å². The molecule has 0 aromatic heterocycles. The molecule has 0 atom stereocenters. The Morgan fingerprint density at radius 3 is 2.25 bits per heavy atom. The molecular weight excluding hydrogens is 198 g/mol. The summed E-state index contributed by atoms with van der Waals surface area (Å²) in [6.45, 7) is 9.56. The van der Waals surface area contributed by atoms with Crippen molar-refractivity contribution in [3.63, 3.8) is 0 Å². The zero-order valence-electron chi connectivity index (χ0n) is 10.0. The summed E-state index contributed by atoms with van der Waals surface area (Å²) >= 11 is 0. The van der Waals surface area contributed by atoms with Crippen LogP contribution in [0.25, 0.3) is 5.57 Å². The van der Waals surface area contributed by atoms with Crippen LogP contribution in [0.1, 0.15) is 34.0 Å². The van der Waals surface area contributed by atoms with Gasteiger partial charge in [-0.2, -0.15) is 0 Å². The summed E-state index contributed by atoms with van der Waals surface area (Å²) in [5, 5.41) is 0. The highest BCUT2D eigenvalue weighted by Crippen LogP contribution is 2.22. The molecule has 0 fully saturated rings. The monoisotopic (exact) mass is 215 g/mol. The van der Waals surface area contributed by atoms with Crippen molar-refractivity contribution >= 4 is 11.5 Å². The van der Waals surface area contributed by atoms with E-state index in [1.54, 1.807) is 6.08 Å². The van der Waals surface area contributed by atoms with E-state index in [0.717, 1.165) is 22.3 Å². The third-order valence-electron chi connectivity index (χ3n) is 2.63. The maximum Gasteiger partial charge on any atom is 0.248 e. The highest BCUT2D eigenvalue weighted by atomic mass is 16.1. The number of carbonyl (C=O) groups excluding carboxylic acids is 1. The van der Waals surface area contributed by atoms with Gasteiger partial charge in [0.2, 0.25) is 5.91 Å². The lowest BCUT2D eigenvalue weighted by molar-refractivity contribution is 0.0999. The third kappa shape index (κ3) is 2.40. The first-order valence-corrected chi connectivity index (χ1v) is 5.18. The first-order chi connectivity index (χ1) is 7.47. The van der Waals surface area contributed by atoms with Gasteiger partial charge in [-0.25, -0.2) is 0 Å². The van der Waals surface area contributed by atoms with Gasteiger partial charge in [0.1, 0.15) is 0 Å². The summed E-state index contributed by atoms with van der Waals surface area (Å²) < 4.78 is 0. The Balaban J connectivity index is 3.36. The van der Waals surface area contributed by atoms with Gasteiger partial charge in [0.25, 0.3) is 0 Å². The fourth-order valence-corrected chi connectivity index (χ4v) is 1.77. The van der Waals surface area contributed by atoms with Crippen LogP contribution in [-0.4, -0.2) is 5.91 Å². The molecule has 0 aliphatic rings. The fourth-order valence-electron chi connectivity index (χ4n) is 1.77. The molecule has 1 aromatic rings. The van der Waals surface area contributed by atoms with Gasteiger partial charge in [-0.1, -0.05) is 24.8 Å². The van der Waals surface area contributed by atoms with Gasteiger partial charge >= 0.3 is 0 Å². The van der Waals surface area contributed by atoms with Crippen LogP contribution in [0.5, 0.6) is 0 Å². The van der Waals surface area contributed by atoms with Crippen molar-refractivity contribution in [3.05, 3.63) is 53.1 Å². The van der Waals surface area contributed by atoms with Gasteiger partial charge in [-0.05, 0) is 49.1 Å². The second kappa shape index (κ2) is 4.79. The average molecular weight is 215 g/mol. The predicted molar refractivity (Wildman–Crippen MR) is 68.3 cm³/mol. The smallest absolute Gasteiger partial charge is 0.248 e. The normalized spacial score (nSPS) is 11.3. The van der Waals surface area contributed by atoms with Crippen molar-refractivity contribution in [2.24, 2.45) is 5.73 Å². The number of carbonyl (C=O) groups is 1. The van der Waals surface area contributed by atoms with Crippen LogP contribution in [-0.2, 0) is 0 Å². The lowest BCUT2D eigenvalue weighted by Gasteiger charge is -2.10. The van der Waals surface area contributed by atoms with E-state index in [-0.39, 0.29) is 5.91 Å². The Bertz CT molecular complexity index is 470. The van der Waals surface area contributed by atoms with E-state index in [1.807, 2.05) is 39.0 Å². The minimum absolute atomic E-state index is 0.377. The molecular formula is C14H17NO. The number of allylic oxidation sites excluding steroid dienone is 3. The minimum atomic E-state index is -0.377. The van der Waals surface area contributed by atoms with Crippen molar-refractivity contribution in [2.45, 2.75) is 20.8 Å². The van der Waals surface area contributed by atoms with Gasteiger partial charge in [0, 0.05) is 5.56 Å². The molecule has 2 N–H and O–H groups in total. The van der Waals surface area contributed by atoms with Crippen molar-refractivity contribution in [1.29, 1.82) is 0 Å². The van der Waals surface area contributed by atoms with Gasteiger partial charge in [0.05, 0.1) is 0 Å². The Kier molecular flexibility index (Phi) is 3.67. The largest absolute Gasteiger partial charge is 0.366 e. The maximum atomic E-state index is 11.2. The van der Waals surface area contributed by atoms with Crippen LogP contribution in [0, 0.1) is 13.8 Å². The molecule has 0 aliphatic carbocycles. The van der Waals surface area contributed by atoms with E-state index in [2.05, 4.69) is 6.58 Å². The first kappa shape index (κ1) is 12.2. The van der Waals surface area contributed by atoms with Gasteiger partial charge in [-0.15, -0.1) is 0 Å². The Morgan fingerprint density at radius 2 is 1.75 bits per heavy atom. The molecule has 0 unspecified atom stereocenters. The van der Waals surface area contributed by atoms with E-state index in [1.165, 1.54) is 0 Å². The summed E-state index contributed by atoms with van der Waals surface area (Å²) in [6, 6.07) is 3.83. The Hall–Kier alpha value is -1.83. The summed E-state index contributed by atoms with van der Waals surface area (Å²) in [5.41, 5.74) is 10.1. The molecule has 84 valence electrons. The Morgan fingerprint density at radius 1 is 1.25 bits per heavy atom.